The maximum Gasteiger partial charge on any atom is 0.253 e. The molecule has 0 saturated carbocycles. The zero-order valence-corrected chi connectivity index (χ0v) is 15.4. The van der Waals surface area contributed by atoms with Gasteiger partial charge in [-0.25, -0.2) is 9.97 Å². The second-order valence-corrected chi connectivity index (χ2v) is 6.99. The van der Waals surface area contributed by atoms with E-state index >= 15 is 0 Å². The number of aromatic nitrogens is 3. The predicted octanol–water partition coefficient (Wildman–Crippen LogP) is 1.15. The lowest BCUT2D eigenvalue weighted by Gasteiger charge is -2.30. The van der Waals surface area contributed by atoms with Crippen LogP contribution in [-0.2, 0) is 4.79 Å². The number of nitrogens with one attached hydrogen (secondary N) is 2. The van der Waals surface area contributed by atoms with Gasteiger partial charge in [-0.15, -0.1) is 0 Å². The molecule has 8 heteroatoms. The normalized spacial score (nSPS) is 21.2. The number of imidazole rings is 1. The van der Waals surface area contributed by atoms with Crippen LogP contribution in [0, 0.1) is 6.92 Å². The van der Waals surface area contributed by atoms with Crippen LogP contribution in [0.1, 0.15) is 49.3 Å². The van der Waals surface area contributed by atoms with Gasteiger partial charge in [-0.2, -0.15) is 0 Å². The zero-order valence-electron chi connectivity index (χ0n) is 15.4. The summed E-state index contributed by atoms with van der Waals surface area (Å²) in [4.78, 5) is 37.9. The number of hydrogen-bond donors (Lipinski definition) is 3. The minimum atomic E-state index is -1.13. The molecule has 0 radical (unpaired) electrons. The van der Waals surface area contributed by atoms with Crippen LogP contribution in [0.2, 0.25) is 0 Å². The molecule has 8 nitrogen and oxygen atoms in total. The SMILES string of the molecule is CCCC(=O)N1CCC(O)(C(C)NC(=O)c2ccnc3nc(C)[nH]c23)C1. The summed E-state index contributed by atoms with van der Waals surface area (Å²) < 4.78 is 0. The van der Waals surface area contributed by atoms with Gasteiger partial charge in [0, 0.05) is 19.2 Å². The van der Waals surface area contributed by atoms with Crippen LogP contribution in [-0.4, -0.2) is 61.5 Å². The van der Waals surface area contributed by atoms with Gasteiger partial charge in [-0.3, -0.25) is 9.59 Å². The summed E-state index contributed by atoms with van der Waals surface area (Å²) in [7, 11) is 0. The van der Waals surface area contributed by atoms with Crippen LogP contribution < -0.4 is 5.32 Å². The predicted molar refractivity (Wildman–Crippen MR) is 96.6 cm³/mol. The fraction of sp³-hybridized carbons (Fsp3) is 0.556. The van der Waals surface area contributed by atoms with E-state index in [0.717, 1.165) is 6.42 Å². The number of nitrogens with zero attached hydrogens (tertiary/aromatic N) is 3. The minimum absolute atomic E-state index is 0.0470. The largest absolute Gasteiger partial charge is 0.386 e. The molecule has 140 valence electrons. The Morgan fingerprint density at radius 1 is 1.50 bits per heavy atom. The molecule has 0 aromatic carbocycles. The number of aliphatic hydroxyl groups is 1. The summed E-state index contributed by atoms with van der Waals surface area (Å²) in [5, 5.41) is 13.8. The van der Waals surface area contributed by atoms with Crippen LogP contribution in [0.25, 0.3) is 11.2 Å². The monoisotopic (exact) mass is 359 g/mol. The fourth-order valence-corrected chi connectivity index (χ4v) is 3.38. The van der Waals surface area contributed by atoms with Crippen LogP contribution >= 0.6 is 0 Å². The molecule has 2 aromatic rings. The molecule has 2 amide bonds. The number of aromatic amines is 1. The van der Waals surface area contributed by atoms with E-state index in [1.807, 2.05) is 6.92 Å². The Balaban J connectivity index is 1.72. The van der Waals surface area contributed by atoms with Crippen molar-refractivity contribution < 1.29 is 14.7 Å². The number of carbonyl (C=O) groups excluding carboxylic acids is 2. The van der Waals surface area contributed by atoms with E-state index in [1.165, 1.54) is 6.20 Å². The zero-order chi connectivity index (χ0) is 18.9. The number of pyridine rings is 1. The Kier molecular flexibility index (Phi) is 4.95. The summed E-state index contributed by atoms with van der Waals surface area (Å²) in [6.07, 6.45) is 3.24. The first-order valence-corrected chi connectivity index (χ1v) is 8.96. The maximum atomic E-state index is 12.7. The molecule has 3 heterocycles. The number of rotatable bonds is 5. The maximum absolute atomic E-state index is 12.7. The van der Waals surface area contributed by atoms with Gasteiger partial charge in [0.1, 0.15) is 11.4 Å². The number of amides is 2. The van der Waals surface area contributed by atoms with Gasteiger partial charge < -0.3 is 20.3 Å². The summed E-state index contributed by atoms with van der Waals surface area (Å²) in [5.41, 5.74) is 0.365. The smallest absolute Gasteiger partial charge is 0.253 e. The van der Waals surface area contributed by atoms with Crippen molar-refractivity contribution in [3.05, 3.63) is 23.7 Å². The van der Waals surface area contributed by atoms with Gasteiger partial charge in [-0.05, 0) is 32.8 Å². The summed E-state index contributed by atoms with van der Waals surface area (Å²) in [6, 6.07) is 1.12. The first-order valence-electron chi connectivity index (χ1n) is 8.96. The van der Waals surface area contributed by atoms with E-state index in [2.05, 4.69) is 20.3 Å². The van der Waals surface area contributed by atoms with Gasteiger partial charge in [-0.1, -0.05) is 6.92 Å². The highest BCUT2D eigenvalue weighted by molar-refractivity contribution is 6.04. The molecule has 2 unspecified atom stereocenters. The van der Waals surface area contributed by atoms with Crippen molar-refractivity contribution in [2.45, 2.75) is 51.7 Å². The molecule has 1 fully saturated rings. The Bertz CT molecular complexity index is 833. The van der Waals surface area contributed by atoms with Crippen LogP contribution in [0.15, 0.2) is 12.3 Å². The average molecular weight is 359 g/mol. The van der Waals surface area contributed by atoms with Crippen LogP contribution in [0.5, 0.6) is 0 Å². The molecule has 1 aliphatic heterocycles. The third-order valence-electron chi connectivity index (χ3n) is 5.00. The molecule has 26 heavy (non-hydrogen) atoms. The molecule has 3 N–H and O–H groups in total. The molecular formula is C18H25N5O3. The van der Waals surface area contributed by atoms with Crippen molar-refractivity contribution in [2.75, 3.05) is 13.1 Å². The minimum Gasteiger partial charge on any atom is -0.386 e. The fourth-order valence-electron chi connectivity index (χ4n) is 3.38. The lowest BCUT2D eigenvalue weighted by Crippen LogP contribution is -2.53. The highest BCUT2D eigenvalue weighted by Crippen LogP contribution is 2.26. The van der Waals surface area contributed by atoms with Crippen molar-refractivity contribution in [2.24, 2.45) is 0 Å². The number of carbonyl (C=O) groups is 2. The van der Waals surface area contributed by atoms with E-state index in [0.29, 0.717) is 41.9 Å². The standard InChI is InChI=1S/C18H25N5O3/c1-4-5-14(24)23-9-7-18(26,10-23)11(2)20-17(25)13-6-8-19-16-15(13)21-12(3)22-16/h6,8,11,26H,4-5,7,9-10H2,1-3H3,(H,20,25)(H,19,21,22). The van der Waals surface area contributed by atoms with Crippen LogP contribution in [0.3, 0.4) is 0 Å². The van der Waals surface area contributed by atoms with Crippen LogP contribution in [0.4, 0.5) is 0 Å². The number of β-amino-alcohol motifs (C(OH)–C–C–N with tert-alkyl or cyclic N) is 1. The van der Waals surface area contributed by atoms with Crippen molar-refractivity contribution in [1.29, 1.82) is 0 Å². The van der Waals surface area contributed by atoms with E-state index in [4.69, 9.17) is 0 Å². The summed E-state index contributed by atoms with van der Waals surface area (Å²) >= 11 is 0. The molecular weight excluding hydrogens is 334 g/mol. The molecule has 2 aromatic heterocycles. The second kappa shape index (κ2) is 7.03. The highest BCUT2D eigenvalue weighted by atomic mass is 16.3. The summed E-state index contributed by atoms with van der Waals surface area (Å²) in [5.74, 6) is 0.423. The van der Waals surface area contributed by atoms with E-state index in [9.17, 15) is 14.7 Å². The first-order chi connectivity index (χ1) is 12.3. The number of H-pyrrole nitrogens is 1. The molecule has 2 atom stereocenters. The molecule has 0 bridgehead atoms. The van der Waals surface area contributed by atoms with Gasteiger partial charge in [0.25, 0.3) is 5.91 Å². The van der Waals surface area contributed by atoms with E-state index < -0.39 is 11.6 Å². The Morgan fingerprint density at radius 3 is 3.00 bits per heavy atom. The van der Waals surface area contributed by atoms with Gasteiger partial charge in [0.05, 0.1) is 23.7 Å². The first kappa shape index (κ1) is 18.3. The molecule has 1 saturated heterocycles. The van der Waals surface area contributed by atoms with Crippen molar-refractivity contribution in [3.63, 3.8) is 0 Å². The third kappa shape index (κ3) is 3.41. The Labute approximate surface area is 152 Å². The average Bonchev–Trinajstić information content (AvgIpc) is 3.17. The molecule has 0 aliphatic carbocycles. The number of fused-ring (bicyclic) bond motifs is 1. The number of hydrogen-bond acceptors (Lipinski definition) is 5. The Morgan fingerprint density at radius 2 is 2.27 bits per heavy atom. The molecule has 1 aliphatic rings. The lowest BCUT2D eigenvalue weighted by atomic mass is 9.94. The lowest BCUT2D eigenvalue weighted by molar-refractivity contribution is -0.131. The van der Waals surface area contributed by atoms with Gasteiger partial charge in [0.15, 0.2) is 5.65 Å². The molecule has 0 spiro atoms. The van der Waals surface area contributed by atoms with Gasteiger partial charge in [0.2, 0.25) is 5.91 Å². The van der Waals surface area contributed by atoms with Gasteiger partial charge >= 0.3 is 0 Å². The quantitative estimate of drug-likeness (QED) is 0.741. The number of aryl methyl sites for hydroxylation is 1. The third-order valence-corrected chi connectivity index (χ3v) is 5.00. The van der Waals surface area contributed by atoms with Crippen molar-refractivity contribution in [3.8, 4) is 0 Å². The Hall–Kier alpha value is -2.48. The molecule has 3 rings (SSSR count). The summed E-state index contributed by atoms with van der Waals surface area (Å²) in [6.45, 7) is 6.27. The topological polar surface area (TPSA) is 111 Å². The second-order valence-electron chi connectivity index (χ2n) is 6.99. The van der Waals surface area contributed by atoms with E-state index in [1.54, 1.807) is 24.8 Å². The highest BCUT2D eigenvalue weighted by Gasteiger charge is 2.43. The number of likely N-dealkylation sites (tertiary alicyclic amines) is 1. The van der Waals surface area contributed by atoms with E-state index in [-0.39, 0.29) is 18.4 Å². The van der Waals surface area contributed by atoms with Crippen molar-refractivity contribution >= 4 is 23.0 Å². The van der Waals surface area contributed by atoms with Crippen molar-refractivity contribution in [1.82, 2.24) is 25.2 Å².